The van der Waals surface area contributed by atoms with E-state index in [0.717, 1.165) is 0 Å². The molecule has 0 aliphatic carbocycles. The van der Waals surface area contributed by atoms with Gasteiger partial charge in [-0.05, 0) is 23.3 Å². The van der Waals surface area contributed by atoms with Crippen LogP contribution in [0.4, 0.5) is 10.5 Å². The Bertz CT molecular complexity index is 1140. The van der Waals surface area contributed by atoms with E-state index in [1.807, 2.05) is 0 Å². The third-order valence-electron chi connectivity index (χ3n) is 5.07. The summed E-state index contributed by atoms with van der Waals surface area (Å²) in [5, 5.41) is 15.9. The van der Waals surface area contributed by atoms with E-state index in [4.69, 9.17) is 14.2 Å². The number of hydrogen-bond acceptors (Lipinski definition) is 7. The molecule has 174 valence electrons. The van der Waals surface area contributed by atoms with Gasteiger partial charge in [-0.2, -0.15) is 0 Å². The summed E-state index contributed by atoms with van der Waals surface area (Å²) in [5.74, 6) is -0.880. The lowest BCUT2D eigenvalue weighted by Crippen LogP contribution is -2.42. The number of esters is 1. The van der Waals surface area contributed by atoms with Crippen molar-refractivity contribution in [2.24, 2.45) is 0 Å². The Hall–Kier alpha value is -4.37. The van der Waals surface area contributed by atoms with Crippen LogP contribution >= 0.6 is 0 Å². The van der Waals surface area contributed by atoms with Crippen LogP contribution in [-0.4, -0.2) is 42.8 Å². The monoisotopic (exact) mass is 462 g/mol. The molecule has 3 N–H and O–H groups in total. The van der Waals surface area contributed by atoms with Gasteiger partial charge >= 0.3 is 12.0 Å². The lowest BCUT2D eigenvalue weighted by Gasteiger charge is -2.26. The lowest BCUT2D eigenvalue weighted by molar-refractivity contribution is -0.164. The summed E-state index contributed by atoms with van der Waals surface area (Å²) >= 11 is 0. The molecular formula is C25H22N2O7. The number of nitrogens with one attached hydrogen (secondary N) is 2. The number of carbonyl (C=O) groups excluding carboxylic acids is 3. The molecule has 0 bridgehead atoms. The van der Waals surface area contributed by atoms with Crippen LogP contribution in [0, 0.1) is 0 Å². The van der Waals surface area contributed by atoms with Crippen molar-refractivity contribution in [3.63, 3.8) is 0 Å². The van der Waals surface area contributed by atoms with Crippen molar-refractivity contribution in [2.45, 2.75) is 5.60 Å². The van der Waals surface area contributed by atoms with Crippen molar-refractivity contribution in [1.82, 2.24) is 5.32 Å². The van der Waals surface area contributed by atoms with Crippen LogP contribution in [0.25, 0.3) is 0 Å². The molecular weight excluding hydrogens is 440 g/mol. The van der Waals surface area contributed by atoms with Gasteiger partial charge in [-0.25, -0.2) is 9.59 Å². The molecule has 1 aliphatic heterocycles. The number of hydrogen-bond donors (Lipinski definition) is 3. The Morgan fingerprint density at radius 2 is 1.44 bits per heavy atom. The fourth-order valence-electron chi connectivity index (χ4n) is 3.44. The number of ether oxygens (including phenoxy) is 3. The van der Waals surface area contributed by atoms with Crippen molar-refractivity contribution < 1.29 is 33.7 Å². The second kappa shape index (κ2) is 10.1. The number of amides is 3. The van der Waals surface area contributed by atoms with Gasteiger partial charge in [0.1, 0.15) is 13.2 Å². The van der Waals surface area contributed by atoms with E-state index in [-0.39, 0.29) is 11.1 Å². The van der Waals surface area contributed by atoms with Gasteiger partial charge in [-0.15, -0.1) is 0 Å². The predicted octanol–water partition coefficient (Wildman–Crippen LogP) is 2.59. The summed E-state index contributed by atoms with van der Waals surface area (Å²) < 4.78 is 16.0. The minimum absolute atomic E-state index is 0.281. The molecule has 0 aromatic heterocycles. The highest BCUT2D eigenvalue weighted by atomic mass is 16.6. The number of fused-ring (bicyclic) bond motifs is 1. The molecule has 0 atom stereocenters. The maximum atomic E-state index is 12.9. The zero-order valence-corrected chi connectivity index (χ0v) is 18.0. The van der Waals surface area contributed by atoms with Gasteiger partial charge in [0.2, 0.25) is 5.60 Å². The van der Waals surface area contributed by atoms with Gasteiger partial charge in [0.05, 0.1) is 0 Å². The van der Waals surface area contributed by atoms with Crippen LogP contribution in [0.15, 0.2) is 78.9 Å². The Morgan fingerprint density at radius 1 is 0.853 bits per heavy atom. The molecule has 3 amide bonds. The molecule has 0 unspecified atom stereocenters. The topological polar surface area (TPSA) is 123 Å². The summed E-state index contributed by atoms with van der Waals surface area (Å²) in [5.41, 5.74) is -1.18. The molecule has 0 radical (unpaired) electrons. The number of benzene rings is 3. The average molecular weight is 462 g/mol. The number of carbonyl (C=O) groups is 3. The van der Waals surface area contributed by atoms with Crippen LogP contribution < -0.4 is 20.1 Å². The Labute approximate surface area is 195 Å². The summed E-state index contributed by atoms with van der Waals surface area (Å²) in [4.78, 5) is 37.3. The molecule has 0 saturated carbocycles. The first-order valence-corrected chi connectivity index (χ1v) is 10.5. The first-order chi connectivity index (χ1) is 16.5. The number of rotatable bonds is 6. The van der Waals surface area contributed by atoms with Crippen LogP contribution in [0.1, 0.15) is 11.1 Å². The summed E-state index contributed by atoms with van der Waals surface area (Å²) in [6.07, 6.45) is 0. The quantitative estimate of drug-likeness (QED) is 0.481. The SMILES string of the molecule is O=C(COC(=O)C(O)(c1ccccc1)c1ccccc1)NC(=O)Nc1ccc2c(c1)OCCO2. The van der Waals surface area contributed by atoms with Gasteiger partial charge in [-0.1, -0.05) is 60.7 Å². The summed E-state index contributed by atoms with van der Waals surface area (Å²) in [7, 11) is 0. The van der Waals surface area contributed by atoms with Gasteiger partial charge in [0.25, 0.3) is 5.91 Å². The molecule has 0 spiro atoms. The van der Waals surface area contributed by atoms with E-state index in [9.17, 15) is 19.5 Å². The molecule has 1 aliphatic rings. The number of imide groups is 1. The average Bonchev–Trinajstić information content (AvgIpc) is 2.87. The van der Waals surface area contributed by atoms with Gasteiger partial charge in [0.15, 0.2) is 18.1 Å². The van der Waals surface area contributed by atoms with Crippen molar-refractivity contribution in [2.75, 3.05) is 25.1 Å². The predicted molar refractivity (Wildman–Crippen MR) is 121 cm³/mol. The van der Waals surface area contributed by atoms with E-state index < -0.39 is 30.1 Å². The fourth-order valence-corrected chi connectivity index (χ4v) is 3.44. The minimum atomic E-state index is -2.13. The highest BCUT2D eigenvalue weighted by molar-refractivity contribution is 6.02. The first kappa shape index (κ1) is 22.8. The highest BCUT2D eigenvalue weighted by Gasteiger charge is 2.41. The molecule has 1 heterocycles. The lowest BCUT2D eigenvalue weighted by atomic mass is 9.86. The van der Waals surface area contributed by atoms with E-state index in [1.54, 1.807) is 78.9 Å². The molecule has 0 fully saturated rings. The Morgan fingerprint density at radius 3 is 2.06 bits per heavy atom. The molecule has 34 heavy (non-hydrogen) atoms. The van der Waals surface area contributed by atoms with Crippen LogP contribution in [0.2, 0.25) is 0 Å². The zero-order chi connectivity index (χ0) is 24.0. The van der Waals surface area contributed by atoms with Crippen molar-refractivity contribution in [3.8, 4) is 11.5 Å². The van der Waals surface area contributed by atoms with E-state index in [1.165, 1.54) is 0 Å². The Kier molecular flexibility index (Phi) is 6.74. The number of anilines is 1. The summed E-state index contributed by atoms with van der Waals surface area (Å²) in [6.45, 7) is 0.0668. The van der Waals surface area contributed by atoms with E-state index in [2.05, 4.69) is 10.6 Å². The van der Waals surface area contributed by atoms with Gasteiger partial charge < -0.3 is 24.6 Å². The zero-order valence-electron chi connectivity index (χ0n) is 18.0. The highest BCUT2D eigenvalue weighted by Crippen LogP contribution is 2.33. The van der Waals surface area contributed by atoms with E-state index >= 15 is 0 Å². The van der Waals surface area contributed by atoms with Crippen LogP contribution in [0.5, 0.6) is 11.5 Å². The second-order valence-corrected chi connectivity index (χ2v) is 7.38. The van der Waals surface area contributed by atoms with Gasteiger partial charge in [0, 0.05) is 11.8 Å². The third kappa shape index (κ3) is 5.00. The largest absolute Gasteiger partial charge is 0.486 e. The molecule has 0 saturated heterocycles. The molecule has 3 aromatic rings. The molecule has 4 rings (SSSR count). The van der Waals surface area contributed by atoms with Crippen molar-refractivity contribution >= 4 is 23.6 Å². The molecule has 9 heteroatoms. The smallest absolute Gasteiger partial charge is 0.348 e. The van der Waals surface area contributed by atoms with Crippen molar-refractivity contribution in [1.29, 1.82) is 0 Å². The molecule has 3 aromatic carbocycles. The summed E-state index contributed by atoms with van der Waals surface area (Å²) in [6, 6.07) is 20.5. The number of aliphatic hydroxyl groups is 1. The maximum absolute atomic E-state index is 12.9. The second-order valence-electron chi connectivity index (χ2n) is 7.38. The minimum Gasteiger partial charge on any atom is -0.486 e. The Balaban J connectivity index is 1.37. The number of urea groups is 1. The first-order valence-electron chi connectivity index (χ1n) is 10.5. The van der Waals surface area contributed by atoms with Crippen molar-refractivity contribution in [3.05, 3.63) is 90.0 Å². The fraction of sp³-hybridized carbons (Fsp3) is 0.160. The van der Waals surface area contributed by atoms with Crippen LogP contribution in [-0.2, 0) is 19.9 Å². The maximum Gasteiger partial charge on any atom is 0.348 e. The molecule has 9 nitrogen and oxygen atoms in total. The van der Waals surface area contributed by atoms with Crippen LogP contribution in [0.3, 0.4) is 0 Å². The third-order valence-corrected chi connectivity index (χ3v) is 5.07. The van der Waals surface area contributed by atoms with E-state index in [0.29, 0.717) is 30.4 Å². The standard InChI is InChI=1S/C25H22N2O7/c28-22(27-24(30)26-19-11-12-20-21(15-19)33-14-13-32-20)16-34-23(29)25(31,17-7-3-1-4-8-17)18-9-5-2-6-10-18/h1-12,15,31H,13-14,16H2,(H2,26,27,28,30). The van der Waals surface area contributed by atoms with Gasteiger partial charge in [-0.3, -0.25) is 10.1 Å². The normalized spacial score (nSPS) is 12.4.